The lowest BCUT2D eigenvalue weighted by molar-refractivity contribution is 0.0599. The van der Waals surface area contributed by atoms with E-state index in [-0.39, 0.29) is 16.8 Å². The number of ether oxygens (including phenoxy) is 1. The van der Waals surface area contributed by atoms with Crippen LogP contribution in [0, 0.1) is 18.6 Å². The Balaban J connectivity index is 2.15. The van der Waals surface area contributed by atoms with Gasteiger partial charge in [-0.15, -0.1) is 0 Å². The topological polar surface area (TPSA) is 55.0 Å². The maximum atomic E-state index is 14.2. The van der Waals surface area contributed by atoms with Crippen molar-refractivity contribution in [2.24, 2.45) is 0 Å². The number of methoxy groups -OCH3 is 1. The molecule has 0 aliphatic carbocycles. The van der Waals surface area contributed by atoms with Gasteiger partial charge in [-0.05, 0) is 36.8 Å². The first-order valence-electron chi connectivity index (χ1n) is 6.52. The molecule has 0 atom stereocenters. The summed E-state index contributed by atoms with van der Waals surface area (Å²) in [5.74, 6) is -2.48. The summed E-state index contributed by atoms with van der Waals surface area (Å²) in [5, 5.41) is 0.755. The summed E-state index contributed by atoms with van der Waals surface area (Å²) in [6.45, 7) is 1.88. The number of carbonyl (C=O) groups excluding carboxylic acids is 1. The first-order chi connectivity index (χ1) is 10.5. The minimum atomic E-state index is -0.844. The van der Waals surface area contributed by atoms with Gasteiger partial charge in [0, 0.05) is 11.6 Å². The van der Waals surface area contributed by atoms with Crippen LogP contribution in [0.15, 0.2) is 30.5 Å². The zero-order valence-electron chi connectivity index (χ0n) is 11.9. The highest BCUT2D eigenvalue weighted by molar-refractivity contribution is 5.90. The lowest BCUT2D eigenvalue weighted by Crippen LogP contribution is -2.04. The van der Waals surface area contributed by atoms with Crippen LogP contribution in [0.3, 0.4) is 0 Å². The fraction of sp³-hybridized carbons (Fsp3) is 0.125. The van der Waals surface area contributed by atoms with Crippen molar-refractivity contribution in [3.8, 4) is 11.3 Å². The Labute approximate surface area is 124 Å². The van der Waals surface area contributed by atoms with Crippen molar-refractivity contribution in [3.63, 3.8) is 0 Å². The highest BCUT2D eigenvalue weighted by Crippen LogP contribution is 2.29. The molecule has 112 valence electrons. The lowest BCUT2D eigenvalue weighted by atomic mass is 10.1. The Bertz CT molecular complexity index is 864. The molecule has 0 aliphatic rings. The SMILES string of the molecule is COC(=O)c1cc(F)c(-c2cc3cc(C)cnc3[nH]2)c(F)c1. The lowest BCUT2D eigenvalue weighted by Gasteiger charge is -2.05. The second-order valence-electron chi connectivity index (χ2n) is 4.94. The summed E-state index contributed by atoms with van der Waals surface area (Å²) in [7, 11) is 1.15. The minimum Gasteiger partial charge on any atom is -0.465 e. The van der Waals surface area contributed by atoms with Crippen molar-refractivity contribution < 1.29 is 18.3 Å². The molecule has 1 N–H and O–H groups in total. The second-order valence-corrected chi connectivity index (χ2v) is 4.94. The van der Waals surface area contributed by atoms with E-state index in [2.05, 4.69) is 14.7 Å². The number of aromatic nitrogens is 2. The number of halogens is 2. The molecule has 2 aromatic heterocycles. The molecule has 1 aromatic carbocycles. The summed E-state index contributed by atoms with van der Waals surface area (Å²) >= 11 is 0. The largest absolute Gasteiger partial charge is 0.465 e. The maximum Gasteiger partial charge on any atom is 0.338 e. The molecule has 3 aromatic rings. The summed E-state index contributed by atoms with van der Waals surface area (Å²) in [5.41, 5.74) is 1.34. The number of pyridine rings is 1. The molecular weight excluding hydrogens is 290 g/mol. The van der Waals surface area contributed by atoms with Crippen LogP contribution in [0.2, 0.25) is 0 Å². The Kier molecular flexibility index (Phi) is 3.36. The standard InChI is InChI=1S/C16H12F2N2O2/c1-8-3-9-6-13(20-15(9)19-7-8)14-11(17)4-10(5-12(14)18)16(21)22-2/h3-7H,1-2H3,(H,19,20). The average Bonchev–Trinajstić information content (AvgIpc) is 2.87. The third-order valence-electron chi connectivity index (χ3n) is 3.34. The molecule has 0 saturated carbocycles. The third kappa shape index (κ3) is 2.32. The van der Waals surface area contributed by atoms with Gasteiger partial charge >= 0.3 is 5.97 Å². The van der Waals surface area contributed by atoms with Gasteiger partial charge in [0.1, 0.15) is 17.3 Å². The van der Waals surface area contributed by atoms with Crippen LogP contribution < -0.4 is 0 Å². The van der Waals surface area contributed by atoms with Crippen molar-refractivity contribution in [2.45, 2.75) is 6.92 Å². The van der Waals surface area contributed by atoms with Gasteiger partial charge in [0.2, 0.25) is 0 Å². The van der Waals surface area contributed by atoms with Gasteiger partial charge < -0.3 is 9.72 Å². The maximum absolute atomic E-state index is 14.2. The van der Waals surface area contributed by atoms with E-state index < -0.39 is 17.6 Å². The van der Waals surface area contributed by atoms with Crippen LogP contribution in [0.1, 0.15) is 15.9 Å². The number of aryl methyl sites for hydroxylation is 1. The van der Waals surface area contributed by atoms with Crippen LogP contribution in [0.25, 0.3) is 22.3 Å². The molecule has 2 heterocycles. The van der Waals surface area contributed by atoms with E-state index in [0.29, 0.717) is 5.65 Å². The van der Waals surface area contributed by atoms with Crippen LogP contribution in [-0.4, -0.2) is 23.0 Å². The van der Waals surface area contributed by atoms with Crippen molar-refractivity contribution in [1.82, 2.24) is 9.97 Å². The number of hydrogen-bond donors (Lipinski definition) is 1. The van der Waals surface area contributed by atoms with Crippen LogP contribution in [0.5, 0.6) is 0 Å². The molecule has 0 amide bonds. The molecule has 0 aliphatic heterocycles. The highest BCUT2D eigenvalue weighted by atomic mass is 19.1. The number of aromatic amines is 1. The molecular formula is C16H12F2N2O2. The van der Waals surface area contributed by atoms with Crippen molar-refractivity contribution in [2.75, 3.05) is 7.11 Å². The Hall–Kier alpha value is -2.76. The quantitative estimate of drug-likeness (QED) is 0.736. The molecule has 0 spiro atoms. The van der Waals surface area contributed by atoms with Crippen LogP contribution in [-0.2, 0) is 4.74 Å². The van der Waals surface area contributed by atoms with Crippen molar-refractivity contribution in [1.29, 1.82) is 0 Å². The van der Waals surface area contributed by atoms with Crippen LogP contribution >= 0.6 is 0 Å². The zero-order chi connectivity index (χ0) is 15.9. The van der Waals surface area contributed by atoms with Gasteiger partial charge in [-0.3, -0.25) is 0 Å². The van der Waals surface area contributed by atoms with Gasteiger partial charge in [-0.1, -0.05) is 0 Å². The predicted molar refractivity (Wildman–Crippen MR) is 77.5 cm³/mol. The summed E-state index contributed by atoms with van der Waals surface area (Å²) in [4.78, 5) is 18.4. The Morgan fingerprint density at radius 2 is 1.86 bits per heavy atom. The number of H-pyrrole nitrogens is 1. The second kappa shape index (κ2) is 5.22. The highest BCUT2D eigenvalue weighted by Gasteiger charge is 2.18. The summed E-state index contributed by atoms with van der Waals surface area (Å²) in [6.07, 6.45) is 1.66. The molecule has 3 rings (SSSR count). The monoisotopic (exact) mass is 302 g/mol. The summed E-state index contributed by atoms with van der Waals surface area (Å²) in [6, 6.07) is 5.39. The molecule has 0 bridgehead atoms. The van der Waals surface area contributed by atoms with Crippen LogP contribution in [0.4, 0.5) is 8.78 Å². The van der Waals surface area contributed by atoms with E-state index in [1.807, 2.05) is 13.0 Å². The normalized spacial score (nSPS) is 10.9. The van der Waals surface area contributed by atoms with Gasteiger partial charge in [0.15, 0.2) is 0 Å². The van der Waals surface area contributed by atoms with Gasteiger partial charge in [-0.25, -0.2) is 18.6 Å². The Morgan fingerprint density at radius 3 is 2.50 bits per heavy atom. The van der Waals surface area contributed by atoms with E-state index >= 15 is 0 Å². The fourth-order valence-corrected chi connectivity index (χ4v) is 2.33. The molecule has 0 fully saturated rings. The number of benzene rings is 1. The van der Waals surface area contributed by atoms with E-state index in [4.69, 9.17) is 0 Å². The number of esters is 1. The van der Waals surface area contributed by atoms with Gasteiger partial charge in [-0.2, -0.15) is 0 Å². The van der Waals surface area contributed by atoms with E-state index in [9.17, 15) is 13.6 Å². The number of carbonyl (C=O) groups is 1. The van der Waals surface area contributed by atoms with E-state index in [1.54, 1.807) is 12.3 Å². The Morgan fingerprint density at radius 1 is 1.18 bits per heavy atom. The number of fused-ring (bicyclic) bond motifs is 1. The molecule has 0 radical (unpaired) electrons. The fourth-order valence-electron chi connectivity index (χ4n) is 2.33. The van der Waals surface area contributed by atoms with E-state index in [0.717, 1.165) is 30.2 Å². The zero-order valence-corrected chi connectivity index (χ0v) is 11.9. The number of rotatable bonds is 2. The number of hydrogen-bond acceptors (Lipinski definition) is 3. The van der Waals surface area contributed by atoms with Crippen molar-refractivity contribution >= 4 is 17.0 Å². The third-order valence-corrected chi connectivity index (χ3v) is 3.34. The van der Waals surface area contributed by atoms with E-state index in [1.165, 1.54) is 0 Å². The first-order valence-corrected chi connectivity index (χ1v) is 6.52. The molecule has 22 heavy (non-hydrogen) atoms. The number of nitrogens with zero attached hydrogens (tertiary/aromatic N) is 1. The minimum absolute atomic E-state index is 0.175. The smallest absolute Gasteiger partial charge is 0.338 e. The molecule has 6 heteroatoms. The number of nitrogens with one attached hydrogen (secondary N) is 1. The summed E-state index contributed by atoms with van der Waals surface area (Å²) < 4.78 is 32.9. The van der Waals surface area contributed by atoms with Gasteiger partial charge in [0.05, 0.1) is 23.9 Å². The van der Waals surface area contributed by atoms with Crippen molar-refractivity contribution in [3.05, 3.63) is 53.2 Å². The average molecular weight is 302 g/mol. The van der Waals surface area contributed by atoms with Gasteiger partial charge in [0.25, 0.3) is 0 Å². The molecule has 0 unspecified atom stereocenters. The molecule has 0 saturated heterocycles. The molecule has 4 nitrogen and oxygen atoms in total. The first kappa shape index (κ1) is 14.2. The predicted octanol–water partition coefficient (Wildman–Crippen LogP) is 3.60.